The molecule has 0 bridgehead atoms. The fraction of sp³-hybridized carbons (Fsp3) is 0.625. The summed E-state index contributed by atoms with van der Waals surface area (Å²) in [6.45, 7) is 6.98. The summed E-state index contributed by atoms with van der Waals surface area (Å²) in [6.07, 6.45) is 5.11. The maximum atomic E-state index is 3.75. The van der Waals surface area contributed by atoms with Crippen molar-refractivity contribution in [2.75, 3.05) is 5.33 Å². The third-order valence-corrected chi connectivity index (χ3v) is 4.91. The molecule has 0 fully saturated rings. The number of hydrogen-bond donors (Lipinski definition) is 0. The van der Waals surface area contributed by atoms with E-state index in [0.717, 1.165) is 11.2 Å². The van der Waals surface area contributed by atoms with Gasteiger partial charge in [0.25, 0.3) is 0 Å². The summed E-state index contributed by atoms with van der Waals surface area (Å²) in [7, 11) is 0. The quantitative estimate of drug-likeness (QED) is 0.578. The van der Waals surface area contributed by atoms with Crippen LogP contribution in [0.4, 0.5) is 0 Å². The average molecular weight is 297 g/mol. The highest BCUT2D eigenvalue weighted by molar-refractivity contribution is 9.09. The zero-order valence-electron chi connectivity index (χ0n) is 11.4. The van der Waals surface area contributed by atoms with Gasteiger partial charge in [0.2, 0.25) is 0 Å². The van der Waals surface area contributed by atoms with E-state index in [1.807, 2.05) is 0 Å². The molecule has 0 aliphatic rings. The van der Waals surface area contributed by atoms with Gasteiger partial charge in [0.1, 0.15) is 0 Å². The summed E-state index contributed by atoms with van der Waals surface area (Å²) in [5.41, 5.74) is 1.80. The van der Waals surface area contributed by atoms with Gasteiger partial charge in [0, 0.05) is 10.7 Å². The van der Waals surface area contributed by atoms with Crippen LogP contribution in [-0.4, -0.2) is 5.33 Å². The third-order valence-electron chi connectivity index (χ3n) is 3.84. The summed E-state index contributed by atoms with van der Waals surface area (Å²) in [5, 5.41) is 1.06. The molecule has 1 aromatic carbocycles. The minimum absolute atomic E-state index is 0.315. The number of alkyl halides is 1. The predicted octanol–water partition coefficient (Wildman–Crippen LogP) is 5.56. The highest BCUT2D eigenvalue weighted by Gasteiger charge is 2.30. The number of benzene rings is 1. The Balaban J connectivity index is 2.89. The summed E-state index contributed by atoms with van der Waals surface area (Å²) in [4.78, 5) is 0. The molecule has 0 aromatic heterocycles. The van der Waals surface area contributed by atoms with Crippen LogP contribution in [0.1, 0.15) is 52.0 Å². The molecule has 1 aromatic rings. The Bertz CT molecular complexity index is 301. The van der Waals surface area contributed by atoms with E-state index in [9.17, 15) is 0 Å². The lowest BCUT2D eigenvalue weighted by atomic mass is 9.73. The Labute approximate surface area is 115 Å². The van der Waals surface area contributed by atoms with Gasteiger partial charge in [-0.25, -0.2) is 0 Å². The normalized spacial score (nSPS) is 16.5. The van der Waals surface area contributed by atoms with Crippen molar-refractivity contribution in [3.05, 3.63) is 35.9 Å². The Hall–Kier alpha value is -0.300. The van der Waals surface area contributed by atoms with Gasteiger partial charge in [-0.15, -0.1) is 0 Å². The molecule has 0 N–H and O–H groups in total. The van der Waals surface area contributed by atoms with E-state index in [-0.39, 0.29) is 0 Å². The molecular weight excluding hydrogens is 272 g/mol. The predicted molar refractivity (Wildman–Crippen MR) is 80.9 cm³/mol. The van der Waals surface area contributed by atoms with Gasteiger partial charge in [-0.2, -0.15) is 0 Å². The third kappa shape index (κ3) is 3.84. The lowest BCUT2D eigenvalue weighted by Crippen LogP contribution is -2.29. The van der Waals surface area contributed by atoms with Crippen molar-refractivity contribution in [3.63, 3.8) is 0 Å². The molecule has 0 aliphatic carbocycles. The van der Waals surface area contributed by atoms with Crippen LogP contribution in [0.15, 0.2) is 30.3 Å². The summed E-state index contributed by atoms with van der Waals surface area (Å²) in [6, 6.07) is 11.0. The van der Waals surface area contributed by atoms with E-state index in [0.29, 0.717) is 5.41 Å². The second-order valence-corrected chi connectivity index (χ2v) is 5.79. The number of halogens is 1. The topological polar surface area (TPSA) is 0 Å². The van der Waals surface area contributed by atoms with E-state index in [1.54, 1.807) is 0 Å². The second kappa shape index (κ2) is 7.20. The molecular formula is C16H25Br. The first-order valence-corrected chi connectivity index (χ1v) is 7.92. The Kier molecular flexibility index (Phi) is 6.26. The van der Waals surface area contributed by atoms with E-state index in [2.05, 4.69) is 67.0 Å². The zero-order valence-corrected chi connectivity index (χ0v) is 13.0. The van der Waals surface area contributed by atoms with E-state index in [4.69, 9.17) is 0 Å². The minimum Gasteiger partial charge on any atom is -0.0918 e. The van der Waals surface area contributed by atoms with Crippen LogP contribution in [0.5, 0.6) is 0 Å². The van der Waals surface area contributed by atoms with Gasteiger partial charge in [-0.1, -0.05) is 79.9 Å². The van der Waals surface area contributed by atoms with E-state index < -0.39 is 0 Å². The minimum atomic E-state index is 0.315. The Morgan fingerprint density at radius 3 is 2.29 bits per heavy atom. The van der Waals surface area contributed by atoms with Crippen LogP contribution in [0, 0.1) is 5.92 Å². The molecule has 0 nitrogen and oxygen atoms in total. The first-order chi connectivity index (χ1) is 8.18. The molecule has 0 heterocycles. The highest BCUT2D eigenvalue weighted by Crippen LogP contribution is 2.37. The van der Waals surface area contributed by atoms with Crippen LogP contribution in [0.3, 0.4) is 0 Å². The van der Waals surface area contributed by atoms with Crippen LogP contribution in [0.2, 0.25) is 0 Å². The molecule has 0 saturated heterocycles. The highest BCUT2D eigenvalue weighted by atomic mass is 79.9. The fourth-order valence-corrected chi connectivity index (χ4v) is 3.70. The monoisotopic (exact) mass is 296 g/mol. The molecule has 2 atom stereocenters. The van der Waals surface area contributed by atoms with Crippen LogP contribution in [0.25, 0.3) is 0 Å². The SMILES string of the molecule is CCCC(C)CC(CC)(CBr)c1ccccc1. The van der Waals surface area contributed by atoms with Crippen molar-refractivity contribution >= 4 is 15.9 Å². The first kappa shape index (κ1) is 14.8. The molecule has 0 radical (unpaired) electrons. The number of rotatable bonds is 7. The van der Waals surface area contributed by atoms with E-state index in [1.165, 1.54) is 31.2 Å². The van der Waals surface area contributed by atoms with Gasteiger partial charge in [-0.3, -0.25) is 0 Å². The average Bonchev–Trinajstić information content (AvgIpc) is 2.37. The molecule has 2 unspecified atom stereocenters. The van der Waals surface area contributed by atoms with Gasteiger partial charge in [0.15, 0.2) is 0 Å². The van der Waals surface area contributed by atoms with Crippen molar-refractivity contribution < 1.29 is 0 Å². The van der Waals surface area contributed by atoms with Crippen LogP contribution >= 0.6 is 15.9 Å². The molecule has 0 saturated carbocycles. The van der Waals surface area contributed by atoms with Crippen molar-refractivity contribution in [2.45, 2.75) is 51.9 Å². The number of hydrogen-bond acceptors (Lipinski definition) is 0. The van der Waals surface area contributed by atoms with Gasteiger partial charge >= 0.3 is 0 Å². The summed E-state index contributed by atoms with van der Waals surface area (Å²) in [5.74, 6) is 0.803. The smallest absolute Gasteiger partial charge is 0.0129 e. The lowest BCUT2D eigenvalue weighted by Gasteiger charge is -2.34. The Morgan fingerprint density at radius 2 is 1.82 bits per heavy atom. The summed E-state index contributed by atoms with van der Waals surface area (Å²) >= 11 is 3.75. The van der Waals surface area contributed by atoms with Crippen molar-refractivity contribution in [2.24, 2.45) is 5.92 Å². The molecule has 0 spiro atoms. The van der Waals surface area contributed by atoms with E-state index >= 15 is 0 Å². The second-order valence-electron chi connectivity index (χ2n) is 5.23. The molecule has 96 valence electrons. The van der Waals surface area contributed by atoms with Crippen molar-refractivity contribution in [1.82, 2.24) is 0 Å². The molecule has 0 amide bonds. The molecule has 1 heteroatoms. The Morgan fingerprint density at radius 1 is 1.18 bits per heavy atom. The molecule has 0 aliphatic heterocycles. The molecule has 17 heavy (non-hydrogen) atoms. The fourth-order valence-electron chi connectivity index (χ4n) is 2.75. The van der Waals surface area contributed by atoms with Gasteiger partial charge in [0.05, 0.1) is 0 Å². The zero-order chi connectivity index (χ0) is 12.7. The first-order valence-electron chi connectivity index (χ1n) is 6.80. The van der Waals surface area contributed by atoms with Crippen LogP contribution in [-0.2, 0) is 5.41 Å². The summed E-state index contributed by atoms with van der Waals surface area (Å²) < 4.78 is 0. The van der Waals surface area contributed by atoms with Gasteiger partial charge in [-0.05, 0) is 24.3 Å². The van der Waals surface area contributed by atoms with Crippen LogP contribution < -0.4 is 0 Å². The lowest BCUT2D eigenvalue weighted by molar-refractivity contribution is 0.335. The standard InChI is InChI=1S/C16H25Br/c1-4-9-14(3)12-16(5-2,13-17)15-10-7-6-8-11-15/h6-8,10-11,14H,4-5,9,12-13H2,1-3H3. The van der Waals surface area contributed by atoms with Crippen molar-refractivity contribution in [1.29, 1.82) is 0 Å². The molecule has 1 rings (SSSR count). The largest absolute Gasteiger partial charge is 0.0918 e. The van der Waals surface area contributed by atoms with Gasteiger partial charge < -0.3 is 0 Å². The van der Waals surface area contributed by atoms with Crippen molar-refractivity contribution in [3.8, 4) is 0 Å². The maximum Gasteiger partial charge on any atom is 0.0129 e. The maximum absolute atomic E-state index is 3.75.